The Morgan fingerprint density at radius 2 is 2.05 bits per heavy atom. The van der Waals surface area contributed by atoms with E-state index in [2.05, 4.69) is 41.0 Å². The predicted octanol–water partition coefficient (Wildman–Crippen LogP) is 1.91. The van der Waals surface area contributed by atoms with Crippen LogP contribution < -0.4 is 5.32 Å². The number of hydrogen-bond acceptors (Lipinski definition) is 5. The monoisotopic (exact) mass is 302 g/mol. The molecule has 0 radical (unpaired) electrons. The lowest BCUT2D eigenvalue weighted by atomic mass is 10.0. The second-order valence-corrected chi connectivity index (χ2v) is 7.51. The maximum atomic E-state index is 5.88. The zero-order valence-corrected chi connectivity index (χ0v) is 13.5. The fourth-order valence-corrected chi connectivity index (χ4v) is 3.29. The average Bonchev–Trinajstić information content (AvgIpc) is 2.75. The van der Waals surface area contributed by atoms with Gasteiger partial charge in [-0.05, 0) is 20.9 Å². The van der Waals surface area contributed by atoms with Crippen molar-refractivity contribution in [3.8, 4) is 0 Å². The first-order valence-corrected chi connectivity index (χ1v) is 7.91. The van der Waals surface area contributed by atoms with Crippen molar-refractivity contribution in [2.45, 2.75) is 25.9 Å². The summed E-state index contributed by atoms with van der Waals surface area (Å²) in [5, 5.41) is 4.55. The van der Waals surface area contributed by atoms with Crippen molar-refractivity contribution in [2.75, 3.05) is 39.8 Å². The topological polar surface area (TPSA) is 31.4 Å². The van der Waals surface area contributed by atoms with Crippen molar-refractivity contribution in [1.82, 2.24) is 20.1 Å². The molecule has 0 amide bonds. The van der Waals surface area contributed by atoms with Gasteiger partial charge in [-0.25, -0.2) is 4.98 Å². The minimum absolute atomic E-state index is 0.183. The number of aromatic nitrogens is 1. The Labute approximate surface area is 124 Å². The van der Waals surface area contributed by atoms with E-state index in [4.69, 9.17) is 11.6 Å². The van der Waals surface area contributed by atoms with Crippen LogP contribution in [0.15, 0.2) is 6.20 Å². The van der Waals surface area contributed by atoms with E-state index in [9.17, 15) is 0 Å². The second kappa shape index (κ2) is 6.50. The number of nitrogens with one attached hydrogen (secondary N) is 1. The highest BCUT2D eigenvalue weighted by atomic mass is 35.5. The molecular formula is C13H23ClN4S. The van der Waals surface area contributed by atoms with Gasteiger partial charge in [0.25, 0.3) is 0 Å². The molecule has 0 spiro atoms. The van der Waals surface area contributed by atoms with Crippen molar-refractivity contribution in [3.63, 3.8) is 0 Å². The molecule has 108 valence electrons. The summed E-state index contributed by atoms with van der Waals surface area (Å²) in [7, 11) is 2.19. The van der Waals surface area contributed by atoms with Gasteiger partial charge in [0.15, 0.2) is 0 Å². The number of hydrogen-bond donors (Lipinski definition) is 1. The van der Waals surface area contributed by atoms with Gasteiger partial charge in [0.2, 0.25) is 0 Å². The molecule has 1 aliphatic heterocycles. The Hall–Kier alpha value is -0.200. The Morgan fingerprint density at radius 3 is 2.63 bits per heavy atom. The Bertz CT molecular complexity index is 399. The maximum absolute atomic E-state index is 5.88. The van der Waals surface area contributed by atoms with Crippen LogP contribution in [0.5, 0.6) is 0 Å². The van der Waals surface area contributed by atoms with Crippen molar-refractivity contribution < 1.29 is 0 Å². The summed E-state index contributed by atoms with van der Waals surface area (Å²) >= 11 is 7.43. The molecule has 0 saturated carbocycles. The molecule has 6 heteroatoms. The SMILES string of the molecule is CN1CCN(C(C)(C)CNCc2ncc(Cl)s2)CC1. The summed E-state index contributed by atoms with van der Waals surface area (Å²) in [6, 6.07) is 0. The van der Waals surface area contributed by atoms with Crippen LogP contribution in [0.2, 0.25) is 4.34 Å². The first-order valence-electron chi connectivity index (χ1n) is 6.72. The van der Waals surface area contributed by atoms with Crippen molar-refractivity contribution >= 4 is 22.9 Å². The average molecular weight is 303 g/mol. The molecule has 0 bridgehead atoms. The summed E-state index contributed by atoms with van der Waals surface area (Å²) in [6.45, 7) is 11.0. The quantitative estimate of drug-likeness (QED) is 0.900. The molecule has 0 aliphatic carbocycles. The van der Waals surface area contributed by atoms with Crippen LogP contribution in [0.25, 0.3) is 0 Å². The molecular weight excluding hydrogens is 280 g/mol. The van der Waals surface area contributed by atoms with E-state index in [0.717, 1.165) is 48.6 Å². The van der Waals surface area contributed by atoms with Gasteiger partial charge in [0, 0.05) is 44.8 Å². The van der Waals surface area contributed by atoms with Gasteiger partial charge in [-0.1, -0.05) is 11.6 Å². The molecule has 0 aromatic carbocycles. The van der Waals surface area contributed by atoms with E-state index in [1.807, 2.05) is 0 Å². The largest absolute Gasteiger partial charge is 0.309 e. The van der Waals surface area contributed by atoms with Crippen LogP contribution in [0.1, 0.15) is 18.9 Å². The Kier molecular flexibility index (Phi) is 5.20. The smallest absolute Gasteiger partial charge is 0.113 e. The van der Waals surface area contributed by atoms with E-state index >= 15 is 0 Å². The molecule has 0 unspecified atom stereocenters. The standard InChI is InChI=1S/C13H23ClN4S/c1-13(2,18-6-4-17(3)5-7-18)10-15-9-12-16-8-11(14)19-12/h8,15H,4-7,9-10H2,1-3H3. The first-order chi connectivity index (χ1) is 8.97. The predicted molar refractivity (Wildman–Crippen MR) is 82.0 cm³/mol. The third kappa shape index (κ3) is 4.39. The van der Waals surface area contributed by atoms with Gasteiger partial charge in [-0.3, -0.25) is 4.90 Å². The van der Waals surface area contributed by atoms with E-state index < -0.39 is 0 Å². The lowest BCUT2D eigenvalue weighted by molar-refractivity contribution is 0.0618. The lowest BCUT2D eigenvalue weighted by Gasteiger charge is -2.43. The van der Waals surface area contributed by atoms with E-state index in [0.29, 0.717) is 0 Å². The van der Waals surface area contributed by atoms with E-state index in [-0.39, 0.29) is 5.54 Å². The summed E-state index contributed by atoms with van der Waals surface area (Å²) in [5.41, 5.74) is 0.183. The summed E-state index contributed by atoms with van der Waals surface area (Å²) in [6.07, 6.45) is 1.72. The van der Waals surface area contributed by atoms with Gasteiger partial charge in [0.05, 0.1) is 6.20 Å². The summed E-state index contributed by atoms with van der Waals surface area (Å²) < 4.78 is 0.759. The van der Waals surface area contributed by atoms with Crippen LogP contribution in [0.4, 0.5) is 0 Å². The fraction of sp³-hybridized carbons (Fsp3) is 0.769. The van der Waals surface area contributed by atoms with Crippen LogP contribution in [0.3, 0.4) is 0 Å². The minimum atomic E-state index is 0.183. The highest BCUT2D eigenvalue weighted by molar-refractivity contribution is 7.15. The molecule has 4 nitrogen and oxygen atoms in total. The molecule has 0 atom stereocenters. The van der Waals surface area contributed by atoms with Crippen molar-refractivity contribution in [1.29, 1.82) is 0 Å². The van der Waals surface area contributed by atoms with E-state index in [1.165, 1.54) is 0 Å². The molecule has 1 N–H and O–H groups in total. The fourth-order valence-electron chi connectivity index (χ4n) is 2.37. The van der Waals surface area contributed by atoms with Crippen LogP contribution in [-0.2, 0) is 6.54 Å². The first kappa shape index (κ1) is 15.2. The number of thiazole rings is 1. The molecule has 2 heterocycles. The maximum Gasteiger partial charge on any atom is 0.113 e. The number of rotatable bonds is 5. The van der Waals surface area contributed by atoms with Gasteiger partial charge >= 0.3 is 0 Å². The number of nitrogens with zero attached hydrogens (tertiary/aromatic N) is 3. The number of halogens is 1. The normalized spacial score (nSPS) is 18.9. The van der Waals surface area contributed by atoms with Gasteiger partial charge in [0.1, 0.15) is 9.34 Å². The van der Waals surface area contributed by atoms with E-state index in [1.54, 1.807) is 17.5 Å². The molecule has 2 rings (SSSR count). The molecule has 1 fully saturated rings. The van der Waals surface area contributed by atoms with Gasteiger partial charge in [-0.2, -0.15) is 0 Å². The highest BCUT2D eigenvalue weighted by Crippen LogP contribution is 2.19. The number of piperazine rings is 1. The van der Waals surface area contributed by atoms with Crippen molar-refractivity contribution in [2.24, 2.45) is 0 Å². The summed E-state index contributed by atoms with van der Waals surface area (Å²) in [5.74, 6) is 0. The Balaban J connectivity index is 1.77. The molecule has 1 aliphatic rings. The number of likely N-dealkylation sites (N-methyl/N-ethyl adjacent to an activating group) is 1. The lowest BCUT2D eigenvalue weighted by Crippen LogP contribution is -2.57. The molecule has 1 aromatic rings. The molecule has 1 saturated heterocycles. The van der Waals surface area contributed by atoms with Crippen LogP contribution in [-0.4, -0.2) is 60.1 Å². The third-order valence-corrected chi connectivity index (χ3v) is 4.83. The molecule has 19 heavy (non-hydrogen) atoms. The molecule has 1 aromatic heterocycles. The summed E-state index contributed by atoms with van der Waals surface area (Å²) in [4.78, 5) is 9.21. The zero-order valence-electron chi connectivity index (χ0n) is 11.9. The van der Waals surface area contributed by atoms with Crippen molar-refractivity contribution in [3.05, 3.63) is 15.5 Å². The van der Waals surface area contributed by atoms with Crippen LogP contribution >= 0.6 is 22.9 Å². The van der Waals surface area contributed by atoms with Crippen LogP contribution in [0, 0.1) is 0 Å². The Morgan fingerprint density at radius 1 is 1.37 bits per heavy atom. The highest BCUT2D eigenvalue weighted by Gasteiger charge is 2.28. The van der Waals surface area contributed by atoms with Gasteiger partial charge in [-0.15, -0.1) is 11.3 Å². The van der Waals surface area contributed by atoms with Gasteiger partial charge < -0.3 is 10.2 Å². The third-order valence-electron chi connectivity index (χ3n) is 3.72. The minimum Gasteiger partial charge on any atom is -0.309 e. The zero-order chi connectivity index (χ0) is 13.9. The second-order valence-electron chi connectivity index (χ2n) is 5.76.